The average Bonchev–Trinajstić information content (AvgIpc) is 1.62. The number of primary amides is 1. The van der Waals surface area contributed by atoms with Crippen molar-refractivity contribution in [2.24, 2.45) is 5.73 Å². The Morgan fingerprint density at radius 1 is 0.412 bits per heavy atom. The van der Waals surface area contributed by atoms with Gasteiger partial charge in [-0.15, -0.1) is 0 Å². The van der Waals surface area contributed by atoms with E-state index in [9.17, 15) is 10.1 Å². The molecule has 32 heteroatoms. The maximum Gasteiger partial charge on any atom is 0.249 e. The summed E-state index contributed by atoms with van der Waals surface area (Å²) in [5.74, 6) is 4.48. The van der Waals surface area contributed by atoms with E-state index < -0.39 is 5.91 Å². The number of benzene rings is 6. The molecule has 0 atom stereocenters. The summed E-state index contributed by atoms with van der Waals surface area (Å²) in [6, 6.07) is 57.3. The van der Waals surface area contributed by atoms with E-state index in [1.54, 1.807) is 26.0 Å². The van der Waals surface area contributed by atoms with Crippen molar-refractivity contribution in [3.05, 3.63) is 269 Å². The molecule has 25 nitrogen and oxygen atoms in total. The average molecular weight is 1480 g/mol. The van der Waals surface area contributed by atoms with Crippen molar-refractivity contribution in [3.63, 3.8) is 0 Å². The number of aromatic amines is 1. The molecule has 0 saturated carbocycles. The van der Waals surface area contributed by atoms with Gasteiger partial charge in [0.25, 0.3) is 0 Å². The highest BCUT2D eigenvalue weighted by Gasteiger charge is 2.18. The minimum Gasteiger partial charge on any atom is -0.366 e. The molecule has 8 heterocycles. The highest BCUT2D eigenvalue weighted by molar-refractivity contribution is 6.33. The first-order valence-electron chi connectivity index (χ1n) is 30.4. The fraction of sp³-hybridized carbons (Fsp3) is 0.143. The van der Waals surface area contributed by atoms with Gasteiger partial charge in [-0.2, -0.15) is 70.3 Å². The highest BCUT2D eigenvalue weighted by atomic mass is 35.5. The number of amides is 1. The first-order valence-corrected chi connectivity index (χ1v) is 32.7. The predicted molar refractivity (Wildman–Crippen MR) is 399 cm³/mol. The second-order valence-electron chi connectivity index (χ2n) is 21.6. The van der Waals surface area contributed by atoms with Crippen LogP contribution in [0.25, 0.3) is 44.6 Å². The van der Waals surface area contributed by atoms with E-state index in [2.05, 4.69) is 120 Å². The SMILES string of the molecule is Cc1cc2c(C#N)cccc2[nH]1.Cc1nc(Cl)nc(Cl)n1.Cc1nc(Cl)nc(NCc2ccccc2)n1.Cc1nc(NCc2ccccc2)nc(-n2c(C)cc3c(C#N)cccc32)n1.Cc1nc(NCc2ccccc2)nc(-n2c(C)cc3c(C(N)=O)cccc32)n1.Clc1nc(Cl)nc(Cl)n1.[B]. The lowest BCUT2D eigenvalue weighted by molar-refractivity contribution is 0.100. The molecule has 0 aliphatic rings. The standard InChI is InChI=1S/C21H20N6O.C21H18N6.C11H11ClN4.C10H8N2.C4H3Cl2N3.C3Cl3N3.B/c1-13-11-17-16(19(22)28)9-6-10-18(17)27(13)21-25-14(2)24-20(26-21)23-12-15-7-4-3-5-8-15;1-14-11-18-17(12-22)9-6-10-19(18)27(14)21-25-15(2)24-20(26-21)23-13-16-7-4-3-5-8-16;1-8-14-10(12)16-11(15-8)13-7-9-5-3-2-4-6-9;1-7-5-9-8(6-11)3-2-4-10(9)12-7;1-2-7-3(5)9-4(6)8-2;4-1-7-2(5)9-3(6)8-1;/h3-11H,12H2,1-2H3,(H2,22,28)(H,23,24,25,26);3-11H,13H2,1-2H3,(H,23,24,25,26);2-6H,7H2,1H3,(H,13,14,15,16);2-5,12H,1H3;1H3;;. The Morgan fingerprint density at radius 3 is 1.18 bits per heavy atom. The van der Waals surface area contributed by atoms with Crippen LogP contribution in [0.4, 0.5) is 17.8 Å². The van der Waals surface area contributed by atoms with Crippen molar-refractivity contribution in [1.82, 2.24) is 88.9 Å². The maximum atomic E-state index is 11.8. The molecule has 511 valence electrons. The summed E-state index contributed by atoms with van der Waals surface area (Å²) >= 11 is 32.5. The van der Waals surface area contributed by atoms with Crippen molar-refractivity contribution in [2.75, 3.05) is 16.0 Å². The van der Waals surface area contributed by atoms with Gasteiger partial charge in [-0.3, -0.25) is 13.9 Å². The molecule has 6 aromatic carbocycles. The molecule has 1 amide bonds. The van der Waals surface area contributed by atoms with Gasteiger partial charge in [0.15, 0.2) is 0 Å². The third kappa shape index (κ3) is 21.6. The van der Waals surface area contributed by atoms with Crippen molar-refractivity contribution in [2.45, 2.75) is 68.1 Å². The summed E-state index contributed by atoms with van der Waals surface area (Å²) in [4.78, 5) is 75.3. The van der Waals surface area contributed by atoms with E-state index in [4.69, 9.17) is 80.6 Å². The fourth-order valence-electron chi connectivity index (χ4n) is 9.84. The number of nitriles is 2. The molecular formula is C70H60BCl6N24O. The molecule has 102 heavy (non-hydrogen) atoms. The number of H-pyrrole nitrogens is 1. The molecule has 0 spiro atoms. The van der Waals surface area contributed by atoms with E-state index in [1.165, 1.54) is 0 Å². The number of hydrogen-bond acceptors (Lipinski definition) is 21. The van der Waals surface area contributed by atoms with E-state index in [0.29, 0.717) is 83.8 Å². The molecule has 0 aliphatic carbocycles. The number of aromatic nitrogens is 18. The number of carbonyl (C=O) groups is 1. The Bertz CT molecular complexity index is 5120. The normalized spacial score (nSPS) is 10.3. The summed E-state index contributed by atoms with van der Waals surface area (Å²) in [5, 5.41) is 30.9. The molecule has 3 radical (unpaired) electrons. The number of anilines is 3. The first-order chi connectivity index (χ1) is 48.6. The first kappa shape index (κ1) is 76.4. The van der Waals surface area contributed by atoms with Crippen LogP contribution in [-0.2, 0) is 19.6 Å². The van der Waals surface area contributed by atoms with Gasteiger partial charge in [0.05, 0.1) is 34.3 Å². The minimum absolute atomic E-state index is 0. The van der Waals surface area contributed by atoms with Crippen LogP contribution in [0.5, 0.6) is 0 Å². The number of rotatable bonds is 12. The van der Waals surface area contributed by atoms with Crippen molar-refractivity contribution in [3.8, 4) is 24.0 Å². The molecule has 0 bridgehead atoms. The Labute approximate surface area is 617 Å². The van der Waals surface area contributed by atoms with Gasteiger partial charge in [0, 0.05) is 72.4 Å². The van der Waals surface area contributed by atoms with Crippen LogP contribution in [0.1, 0.15) is 78.6 Å². The monoisotopic (exact) mass is 1470 g/mol. The Kier molecular flexibility index (Phi) is 27.4. The Morgan fingerprint density at radius 2 is 0.765 bits per heavy atom. The van der Waals surface area contributed by atoms with Crippen LogP contribution < -0.4 is 21.7 Å². The van der Waals surface area contributed by atoms with Crippen molar-refractivity contribution in [1.29, 1.82) is 10.5 Å². The molecule has 0 fully saturated rings. The van der Waals surface area contributed by atoms with Crippen LogP contribution in [0.2, 0.25) is 31.7 Å². The summed E-state index contributed by atoms with van der Waals surface area (Å²) in [5.41, 5.74) is 16.6. The van der Waals surface area contributed by atoms with E-state index >= 15 is 0 Å². The van der Waals surface area contributed by atoms with Gasteiger partial charge in [0.1, 0.15) is 23.3 Å². The summed E-state index contributed by atoms with van der Waals surface area (Å²) < 4.78 is 3.86. The number of hydrogen-bond donors (Lipinski definition) is 5. The van der Waals surface area contributed by atoms with Crippen molar-refractivity contribution >= 4 is 134 Å². The summed E-state index contributed by atoms with van der Waals surface area (Å²) in [6.07, 6.45) is 0. The second kappa shape index (κ2) is 36.6. The minimum atomic E-state index is -0.459. The summed E-state index contributed by atoms with van der Waals surface area (Å²) in [6.45, 7) is 15.0. The predicted octanol–water partition coefficient (Wildman–Crippen LogP) is 14.8. The molecule has 0 unspecified atom stereocenters. The lowest BCUT2D eigenvalue weighted by atomic mass is 10.1. The number of halogens is 6. The number of fused-ring (bicyclic) bond motifs is 3. The van der Waals surface area contributed by atoms with Gasteiger partial charge in [0.2, 0.25) is 67.4 Å². The molecule has 6 N–H and O–H groups in total. The number of nitrogens with zero attached hydrogens (tertiary/aromatic N) is 19. The summed E-state index contributed by atoms with van der Waals surface area (Å²) in [7, 11) is 0. The molecule has 14 aromatic rings. The third-order valence-corrected chi connectivity index (χ3v) is 15.1. The third-order valence-electron chi connectivity index (χ3n) is 14.1. The number of carbonyl (C=O) groups excluding carboxylic acids is 1. The van der Waals surface area contributed by atoms with Crippen LogP contribution in [-0.4, -0.2) is 103 Å². The van der Waals surface area contributed by atoms with Gasteiger partial charge in [-0.05, 0) is 189 Å². The topological polar surface area (TPSA) is 346 Å². The fourth-order valence-corrected chi connectivity index (χ4v) is 11.1. The lowest BCUT2D eigenvalue weighted by Crippen LogP contribution is -2.12. The van der Waals surface area contributed by atoms with Gasteiger partial charge in [-0.1, -0.05) is 109 Å². The zero-order valence-electron chi connectivity index (χ0n) is 55.5. The second-order valence-corrected chi connectivity index (χ2v) is 23.6. The van der Waals surface area contributed by atoms with Gasteiger partial charge >= 0.3 is 0 Å². The van der Waals surface area contributed by atoms with Crippen LogP contribution in [0.15, 0.2) is 164 Å². The lowest BCUT2D eigenvalue weighted by Gasteiger charge is -2.10. The van der Waals surface area contributed by atoms with Crippen molar-refractivity contribution < 1.29 is 4.79 Å². The van der Waals surface area contributed by atoms with E-state index in [0.717, 1.165) is 72.0 Å². The molecule has 8 aromatic heterocycles. The van der Waals surface area contributed by atoms with Gasteiger partial charge in [-0.25, -0.2) is 15.0 Å². The number of nitrogens with one attached hydrogen (secondary N) is 4. The smallest absolute Gasteiger partial charge is 0.249 e. The Hall–Kier alpha value is -11.4. The zero-order valence-corrected chi connectivity index (χ0v) is 60.1. The van der Waals surface area contributed by atoms with Crippen LogP contribution in [0.3, 0.4) is 0 Å². The zero-order chi connectivity index (χ0) is 72.1. The molecule has 0 saturated heterocycles. The highest BCUT2D eigenvalue weighted by Crippen LogP contribution is 2.28. The quantitative estimate of drug-likeness (QED) is 0.0709. The molecule has 14 rings (SSSR count). The van der Waals surface area contributed by atoms with Gasteiger partial charge < -0.3 is 26.7 Å². The number of aryl methyl sites for hydroxylation is 7. The Balaban J connectivity index is 0.000000164. The van der Waals surface area contributed by atoms with E-state index in [-0.39, 0.29) is 40.1 Å². The van der Waals surface area contributed by atoms with E-state index in [1.807, 2.05) is 183 Å². The maximum absolute atomic E-state index is 11.8. The van der Waals surface area contributed by atoms with Crippen LogP contribution >= 0.6 is 69.6 Å². The molecular weight excluding hydrogens is 1420 g/mol. The molecule has 0 aliphatic heterocycles. The number of nitrogens with two attached hydrogens (primary N) is 1. The van der Waals surface area contributed by atoms with Crippen LogP contribution in [0, 0.1) is 71.1 Å². The largest absolute Gasteiger partial charge is 0.366 e.